The molecule has 0 aromatic heterocycles. The molecule has 6 heteroatoms. The highest BCUT2D eigenvalue weighted by Crippen LogP contribution is 2.24. The SMILES string of the molecule is Cc1c(F)cc(C#N)cc1NC1CCS(=O)(=O)C1. The summed E-state index contributed by atoms with van der Waals surface area (Å²) >= 11 is 0. The molecule has 0 amide bonds. The lowest BCUT2D eigenvalue weighted by molar-refractivity contribution is 0.602. The molecule has 4 nitrogen and oxygen atoms in total. The Kier molecular flexibility index (Phi) is 3.26. The maximum atomic E-state index is 13.5. The van der Waals surface area contributed by atoms with Gasteiger partial charge in [0.25, 0.3) is 0 Å². The molecule has 0 spiro atoms. The molecule has 1 fully saturated rings. The maximum Gasteiger partial charge on any atom is 0.152 e. The molecule has 1 aliphatic heterocycles. The van der Waals surface area contributed by atoms with Gasteiger partial charge in [-0.05, 0) is 25.5 Å². The van der Waals surface area contributed by atoms with Crippen molar-refractivity contribution in [2.75, 3.05) is 16.8 Å². The zero-order valence-corrected chi connectivity index (χ0v) is 10.7. The number of rotatable bonds is 2. The highest BCUT2D eigenvalue weighted by Gasteiger charge is 2.28. The van der Waals surface area contributed by atoms with Gasteiger partial charge in [0, 0.05) is 17.3 Å². The molecule has 0 bridgehead atoms. The van der Waals surface area contributed by atoms with E-state index in [-0.39, 0.29) is 23.1 Å². The number of hydrogen-bond acceptors (Lipinski definition) is 4. The fourth-order valence-electron chi connectivity index (χ4n) is 2.02. The average Bonchev–Trinajstić information content (AvgIpc) is 2.64. The number of benzene rings is 1. The summed E-state index contributed by atoms with van der Waals surface area (Å²) in [6.07, 6.45) is 0.514. The summed E-state index contributed by atoms with van der Waals surface area (Å²) < 4.78 is 36.2. The van der Waals surface area contributed by atoms with Crippen LogP contribution in [0.2, 0.25) is 0 Å². The summed E-state index contributed by atoms with van der Waals surface area (Å²) in [4.78, 5) is 0. The summed E-state index contributed by atoms with van der Waals surface area (Å²) in [6, 6.07) is 4.39. The lowest BCUT2D eigenvalue weighted by Gasteiger charge is -2.15. The predicted molar refractivity (Wildman–Crippen MR) is 66.5 cm³/mol. The van der Waals surface area contributed by atoms with Crippen LogP contribution >= 0.6 is 0 Å². The molecule has 1 aromatic rings. The maximum absolute atomic E-state index is 13.5. The predicted octanol–water partition coefficient (Wildman–Crippen LogP) is 1.60. The fraction of sp³-hybridized carbons (Fsp3) is 0.417. The van der Waals surface area contributed by atoms with Crippen LogP contribution in [0.25, 0.3) is 0 Å². The van der Waals surface area contributed by atoms with Crippen LogP contribution in [-0.2, 0) is 9.84 Å². The van der Waals surface area contributed by atoms with Crippen molar-refractivity contribution in [1.29, 1.82) is 5.26 Å². The van der Waals surface area contributed by atoms with Crippen LogP contribution in [0, 0.1) is 24.1 Å². The van der Waals surface area contributed by atoms with Crippen LogP contribution in [0.4, 0.5) is 10.1 Å². The standard InChI is InChI=1S/C12H13FN2O2S/c1-8-11(13)4-9(6-14)5-12(8)15-10-2-3-18(16,17)7-10/h4-5,10,15H,2-3,7H2,1H3. The molecular weight excluding hydrogens is 255 g/mol. The van der Waals surface area contributed by atoms with Gasteiger partial charge in [-0.1, -0.05) is 0 Å². The molecule has 0 saturated carbocycles. The van der Waals surface area contributed by atoms with Gasteiger partial charge in [-0.2, -0.15) is 5.26 Å². The number of nitriles is 1. The van der Waals surface area contributed by atoms with Gasteiger partial charge < -0.3 is 5.32 Å². The summed E-state index contributed by atoms with van der Waals surface area (Å²) in [5.74, 6) is -0.243. The van der Waals surface area contributed by atoms with Gasteiger partial charge >= 0.3 is 0 Å². The van der Waals surface area contributed by atoms with Crippen molar-refractivity contribution < 1.29 is 12.8 Å². The van der Waals surface area contributed by atoms with Gasteiger partial charge in [0.1, 0.15) is 5.82 Å². The molecule has 1 atom stereocenters. The molecule has 1 aromatic carbocycles. The van der Waals surface area contributed by atoms with Crippen LogP contribution in [0.1, 0.15) is 17.5 Å². The van der Waals surface area contributed by atoms with E-state index in [0.29, 0.717) is 17.7 Å². The first-order valence-electron chi connectivity index (χ1n) is 5.58. The lowest BCUT2D eigenvalue weighted by atomic mass is 10.1. The molecule has 1 unspecified atom stereocenters. The van der Waals surface area contributed by atoms with E-state index in [2.05, 4.69) is 5.32 Å². The smallest absolute Gasteiger partial charge is 0.152 e. The van der Waals surface area contributed by atoms with E-state index in [1.807, 2.05) is 6.07 Å². The Morgan fingerprint density at radius 2 is 2.22 bits per heavy atom. The topological polar surface area (TPSA) is 70.0 Å². The van der Waals surface area contributed by atoms with Crippen LogP contribution in [0.5, 0.6) is 0 Å². The van der Waals surface area contributed by atoms with Crippen LogP contribution in [-0.4, -0.2) is 26.0 Å². The number of hydrogen-bond donors (Lipinski definition) is 1. The van der Waals surface area contributed by atoms with Gasteiger partial charge in [-0.3, -0.25) is 0 Å². The fourth-order valence-corrected chi connectivity index (χ4v) is 3.70. The number of nitrogens with zero attached hydrogens (tertiary/aromatic N) is 1. The van der Waals surface area contributed by atoms with Crippen molar-refractivity contribution in [3.8, 4) is 6.07 Å². The first kappa shape index (κ1) is 12.8. The number of nitrogens with one attached hydrogen (secondary N) is 1. The molecule has 18 heavy (non-hydrogen) atoms. The normalized spacial score (nSPS) is 21.5. The van der Waals surface area contributed by atoms with Crippen molar-refractivity contribution >= 4 is 15.5 Å². The molecule has 1 N–H and O–H groups in total. The Labute approximate surface area is 105 Å². The Balaban J connectivity index is 2.25. The summed E-state index contributed by atoms with van der Waals surface area (Å²) in [7, 11) is -2.98. The first-order valence-corrected chi connectivity index (χ1v) is 7.40. The van der Waals surface area contributed by atoms with Crippen LogP contribution < -0.4 is 5.32 Å². The Hall–Kier alpha value is -1.61. The Bertz CT molecular complexity index is 620. The largest absolute Gasteiger partial charge is 0.381 e. The summed E-state index contributed by atoms with van der Waals surface area (Å²) in [5, 5.41) is 11.8. The third-order valence-electron chi connectivity index (χ3n) is 3.07. The third-order valence-corrected chi connectivity index (χ3v) is 4.83. The molecule has 0 aliphatic carbocycles. The molecule has 0 radical (unpaired) electrons. The van der Waals surface area contributed by atoms with E-state index >= 15 is 0 Å². The second kappa shape index (κ2) is 4.58. The van der Waals surface area contributed by atoms with Gasteiger partial charge in [-0.15, -0.1) is 0 Å². The number of halogens is 1. The number of sulfone groups is 1. The average molecular weight is 268 g/mol. The summed E-state index contributed by atoms with van der Waals surface area (Å²) in [6.45, 7) is 1.60. The number of anilines is 1. The summed E-state index contributed by atoms with van der Waals surface area (Å²) in [5.41, 5.74) is 1.12. The van der Waals surface area contributed by atoms with Crippen molar-refractivity contribution in [3.63, 3.8) is 0 Å². The molecule has 2 rings (SSSR count). The minimum absolute atomic E-state index is 0.0604. The zero-order valence-electron chi connectivity index (χ0n) is 9.90. The zero-order chi connectivity index (χ0) is 13.3. The lowest BCUT2D eigenvalue weighted by Crippen LogP contribution is -2.21. The van der Waals surface area contributed by atoms with Gasteiger partial charge in [0.2, 0.25) is 0 Å². The van der Waals surface area contributed by atoms with Gasteiger partial charge in [-0.25, -0.2) is 12.8 Å². The van der Waals surface area contributed by atoms with Crippen LogP contribution in [0.15, 0.2) is 12.1 Å². The Morgan fingerprint density at radius 3 is 2.78 bits per heavy atom. The van der Waals surface area contributed by atoms with E-state index in [4.69, 9.17) is 5.26 Å². The minimum atomic E-state index is -2.98. The van der Waals surface area contributed by atoms with E-state index in [1.165, 1.54) is 6.07 Å². The van der Waals surface area contributed by atoms with Crippen molar-refractivity contribution in [3.05, 3.63) is 29.1 Å². The minimum Gasteiger partial charge on any atom is -0.381 e. The molecule has 96 valence electrons. The molecule has 1 saturated heterocycles. The molecule has 1 aliphatic rings. The van der Waals surface area contributed by atoms with Gasteiger partial charge in [0.15, 0.2) is 9.84 Å². The van der Waals surface area contributed by atoms with E-state index in [9.17, 15) is 12.8 Å². The highest BCUT2D eigenvalue weighted by atomic mass is 32.2. The third kappa shape index (κ3) is 2.62. The molecule has 1 heterocycles. The van der Waals surface area contributed by atoms with E-state index < -0.39 is 15.7 Å². The Morgan fingerprint density at radius 1 is 1.50 bits per heavy atom. The van der Waals surface area contributed by atoms with Crippen LogP contribution in [0.3, 0.4) is 0 Å². The van der Waals surface area contributed by atoms with Crippen molar-refractivity contribution in [2.24, 2.45) is 0 Å². The van der Waals surface area contributed by atoms with E-state index in [1.54, 1.807) is 13.0 Å². The second-order valence-corrected chi connectivity index (χ2v) is 6.72. The second-order valence-electron chi connectivity index (χ2n) is 4.49. The molecular formula is C12H13FN2O2S. The quantitative estimate of drug-likeness (QED) is 0.884. The van der Waals surface area contributed by atoms with Crippen molar-refractivity contribution in [1.82, 2.24) is 0 Å². The van der Waals surface area contributed by atoms with Gasteiger partial charge in [0.05, 0.1) is 23.1 Å². The first-order chi connectivity index (χ1) is 8.41. The van der Waals surface area contributed by atoms with Crippen molar-refractivity contribution in [2.45, 2.75) is 19.4 Å². The van der Waals surface area contributed by atoms with E-state index in [0.717, 1.165) is 0 Å². The monoisotopic (exact) mass is 268 g/mol. The highest BCUT2D eigenvalue weighted by molar-refractivity contribution is 7.91.